The quantitative estimate of drug-likeness (QED) is 0.830. The van der Waals surface area contributed by atoms with Crippen molar-refractivity contribution in [2.24, 2.45) is 0 Å². The van der Waals surface area contributed by atoms with Crippen LogP contribution in [0.3, 0.4) is 0 Å². The molecule has 0 atom stereocenters. The monoisotopic (exact) mass is 221 g/mol. The molecular formula is C11H15N3O2. The molecule has 1 fully saturated rings. The molecule has 16 heavy (non-hydrogen) atoms. The van der Waals surface area contributed by atoms with Crippen LogP contribution in [0, 0.1) is 0 Å². The van der Waals surface area contributed by atoms with Gasteiger partial charge in [0.1, 0.15) is 18.7 Å². The lowest BCUT2D eigenvalue weighted by Gasteiger charge is -2.28. The zero-order valence-electron chi connectivity index (χ0n) is 9.04. The molecule has 1 saturated carbocycles. The molecule has 0 bridgehead atoms. The van der Waals surface area contributed by atoms with Gasteiger partial charge in [0, 0.05) is 12.2 Å². The average Bonchev–Trinajstić information content (AvgIpc) is 2.80. The van der Waals surface area contributed by atoms with Gasteiger partial charge in [0.15, 0.2) is 0 Å². The SMILES string of the molecule is O=C(O)CN(c1ccncn1)C1CCCC1. The predicted octanol–water partition coefficient (Wildman–Crippen LogP) is 1.31. The number of anilines is 1. The van der Waals surface area contributed by atoms with Crippen LogP contribution in [-0.2, 0) is 4.79 Å². The zero-order valence-corrected chi connectivity index (χ0v) is 9.04. The Hall–Kier alpha value is -1.65. The van der Waals surface area contributed by atoms with Crippen LogP contribution in [0.4, 0.5) is 5.82 Å². The topological polar surface area (TPSA) is 66.3 Å². The van der Waals surface area contributed by atoms with Crippen LogP contribution in [0.1, 0.15) is 25.7 Å². The minimum Gasteiger partial charge on any atom is -0.480 e. The summed E-state index contributed by atoms with van der Waals surface area (Å²) in [5, 5.41) is 8.92. The Kier molecular flexibility index (Phi) is 3.34. The molecule has 1 aliphatic rings. The summed E-state index contributed by atoms with van der Waals surface area (Å²) in [5.74, 6) is -0.102. The van der Waals surface area contributed by atoms with Crippen molar-refractivity contribution in [1.82, 2.24) is 9.97 Å². The smallest absolute Gasteiger partial charge is 0.323 e. The van der Waals surface area contributed by atoms with Crippen molar-refractivity contribution in [3.8, 4) is 0 Å². The lowest BCUT2D eigenvalue weighted by atomic mass is 10.2. The van der Waals surface area contributed by atoms with Gasteiger partial charge in [0.05, 0.1) is 0 Å². The van der Waals surface area contributed by atoms with Crippen LogP contribution in [0.15, 0.2) is 18.6 Å². The van der Waals surface area contributed by atoms with Crippen LogP contribution < -0.4 is 4.90 Å². The van der Waals surface area contributed by atoms with Gasteiger partial charge in [0.25, 0.3) is 0 Å². The maximum absolute atomic E-state index is 10.9. The Labute approximate surface area is 94.1 Å². The number of hydrogen-bond donors (Lipinski definition) is 1. The highest BCUT2D eigenvalue weighted by atomic mass is 16.4. The molecule has 5 heteroatoms. The highest BCUT2D eigenvalue weighted by molar-refractivity contribution is 5.73. The van der Waals surface area contributed by atoms with Crippen molar-refractivity contribution in [3.63, 3.8) is 0 Å². The van der Waals surface area contributed by atoms with Crippen LogP contribution in [0.2, 0.25) is 0 Å². The van der Waals surface area contributed by atoms with E-state index in [1.165, 1.54) is 19.2 Å². The van der Waals surface area contributed by atoms with Gasteiger partial charge in [-0.05, 0) is 18.9 Å². The van der Waals surface area contributed by atoms with E-state index in [1.54, 1.807) is 12.3 Å². The first-order valence-corrected chi connectivity index (χ1v) is 5.52. The third-order valence-electron chi connectivity index (χ3n) is 2.93. The standard InChI is InChI=1S/C11H15N3O2/c15-11(16)7-14(9-3-1-2-4-9)10-5-6-12-8-13-10/h5-6,8-9H,1-4,7H2,(H,15,16). The van der Waals surface area contributed by atoms with Gasteiger partial charge in [-0.15, -0.1) is 0 Å². The Bertz CT molecular complexity index is 350. The summed E-state index contributed by atoms with van der Waals surface area (Å²) in [4.78, 5) is 20.7. The van der Waals surface area contributed by atoms with Crippen LogP contribution in [0.25, 0.3) is 0 Å². The van der Waals surface area contributed by atoms with Gasteiger partial charge in [-0.2, -0.15) is 0 Å². The normalized spacial score (nSPS) is 16.2. The van der Waals surface area contributed by atoms with Crippen molar-refractivity contribution in [3.05, 3.63) is 18.6 Å². The molecule has 5 nitrogen and oxygen atoms in total. The molecule has 0 radical (unpaired) electrons. The van der Waals surface area contributed by atoms with E-state index in [2.05, 4.69) is 9.97 Å². The molecule has 0 spiro atoms. The Morgan fingerprint density at radius 3 is 2.81 bits per heavy atom. The number of hydrogen-bond acceptors (Lipinski definition) is 4. The largest absolute Gasteiger partial charge is 0.480 e. The second-order valence-corrected chi connectivity index (χ2v) is 4.03. The highest BCUT2D eigenvalue weighted by Crippen LogP contribution is 2.26. The molecule has 1 N–H and O–H groups in total. The second-order valence-electron chi connectivity index (χ2n) is 4.03. The van der Waals surface area contributed by atoms with Crippen molar-refractivity contribution >= 4 is 11.8 Å². The highest BCUT2D eigenvalue weighted by Gasteiger charge is 2.25. The van der Waals surface area contributed by atoms with Crippen LogP contribution in [-0.4, -0.2) is 33.6 Å². The van der Waals surface area contributed by atoms with Crippen LogP contribution >= 0.6 is 0 Å². The second kappa shape index (κ2) is 4.92. The predicted molar refractivity (Wildman–Crippen MR) is 59.3 cm³/mol. The summed E-state index contributed by atoms with van der Waals surface area (Å²) in [6, 6.07) is 2.08. The zero-order chi connectivity index (χ0) is 11.4. The summed E-state index contributed by atoms with van der Waals surface area (Å²) in [7, 11) is 0. The molecule has 0 aromatic carbocycles. The Morgan fingerprint density at radius 2 is 2.25 bits per heavy atom. The number of rotatable bonds is 4. The number of carbonyl (C=O) groups is 1. The molecule has 1 aliphatic carbocycles. The first-order chi connectivity index (χ1) is 7.77. The van der Waals surface area contributed by atoms with E-state index in [0.29, 0.717) is 11.9 Å². The van der Waals surface area contributed by atoms with E-state index < -0.39 is 5.97 Å². The first kappa shape index (κ1) is 10.9. The summed E-state index contributed by atoms with van der Waals surface area (Å²) in [6.45, 7) is 0.0156. The lowest BCUT2D eigenvalue weighted by molar-refractivity contribution is -0.135. The van der Waals surface area contributed by atoms with Gasteiger partial charge >= 0.3 is 5.97 Å². The number of carboxylic acid groups (broad SMARTS) is 1. The van der Waals surface area contributed by atoms with Gasteiger partial charge in [-0.1, -0.05) is 12.8 Å². The van der Waals surface area contributed by atoms with Crippen LogP contribution in [0.5, 0.6) is 0 Å². The number of aromatic nitrogens is 2. The van der Waals surface area contributed by atoms with E-state index in [9.17, 15) is 4.79 Å². The number of nitrogens with zero attached hydrogens (tertiary/aromatic N) is 3. The fourth-order valence-corrected chi connectivity index (χ4v) is 2.21. The Balaban J connectivity index is 2.16. The fraction of sp³-hybridized carbons (Fsp3) is 0.545. The average molecular weight is 221 g/mol. The Morgan fingerprint density at radius 1 is 1.50 bits per heavy atom. The third kappa shape index (κ3) is 2.48. The molecule has 1 heterocycles. The van der Waals surface area contributed by atoms with E-state index in [1.807, 2.05) is 4.90 Å². The minimum absolute atomic E-state index is 0.0156. The molecule has 0 amide bonds. The van der Waals surface area contributed by atoms with Crippen molar-refractivity contribution in [2.45, 2.75) is 31.7 Å². The molecule has 86 valence electrons. The third-order valence-corrected chi connectivity index (χ3v) is 2.93. The molecule has 1 aromatic heterocycles. The molecule has 0 saturated heterocycles. The lowest BCUT2D eigenvalue weighted by Crippen LogP contribution is -2.38. The van der Waals surface area contributed by atoms with E-state index in [0.717, 1.165) is 12.8 Å². The minimum atomic E-state index is -0.814. The maximum Gasteiger partial charge on any atom is 0.323 e. The summed E-state index contributed by atoms with van der Waals surface area (Å²) in [6.07, 6.45) is 7.55. The van der Waals surface area contributed by atoms with Crippen molar-refractivity contribution < 1.29 is 9.90 Å². The van der Waals surface area contributed by atoms with E-state index >= 15 is 0 Å². The summed E-state index contributed by atoms with van der Waals surface area (Å²) < 4.78 is 0. The van der Waals surface area contributed by atoms with Gasteiger partial charge in [0.2, 0.25) is 0 Å². The molecule has 2 rings (SSSR count). The summed E-state index contributed by atoms with van der Waals surface area (Å²) >= 11 is 0. The first-order valence-electron chi connectivity index (χ1n) is 5.52. The molecule has 1 aromatic rings. The summed E-state index contributed by atoms with van der Waals surface area (Å²) in [5.41, 5.74) is 0. The molecular weight excluding hydrogens is 206 g/mol. The molecule has 0 aliphatic heterocycles. The van der Waals surface area contributed by atoms with Gasteiger partial charge in [-0.3, -0.25) is 4.79 Å². The fourth-order valence-electron chi connectivity index (χ4n) is 2.21. The molecule has 0 unspecified atom stereocenters. The van der Waals surface area contributed by atoms with Gasteiger partial charge in [-0.25, -0.2) is 9.97 Å². The number of aliphatic carboxylic acids is 1. The van der Waals surface area contributed by atoms with E-state index in [-0.39, 0.29) is 6.54 Å². The van der Waals surface area contributed by atoms with Crippen molar-refractivity contribution in [1.29, 1.82) is 0 Å². The maximum atomic E-state index is 10.9. The number of carboxylic acids is 1. The van der Waals surface area contributed by atoms with Gasteiger partial charge < -0.3 is 10.0 Å². The van der Waals surface area contributed by atoms with E-state index in [4.69, 9.17) is 5.11 Å². The van der Waals surface area contributed by atoms with Crippen molar-refractivity contribution in [2.75, 3.05) is 11.4 Å².